The number of fused-ring (bicyclic) bond motifs is 8. The third-order valence-electron chi connectivity index (χ3n) is 9.35. The van der Waals surface area contributed by atoms with Crippen molar-refractivity contribution in [2.75, 3.05) is 0 Å². The Kier molecular flexibility index (Phi) is 5.24. The number of benzene rings is 6. The monoisotopic (exact) mass is 564 g/mol. The van der Waals surface area contributed by atoms with Gasteiger partial charge in [-0.25, -0.2) is 4.98 Å². The van der Waals surface area contributed by atoms with E-state index >= 15 is 0 Å². The zero-order valence-corrected chi connectivity index (χ0v) is 24.5. The van der Waals surface area contributed by atoms with Gasteiger partial charge in [-0.1, -0.05) is 105 Å². The molecule has 44 heavy (non-hydrogen) atoms. The molecule has 9 rings (SSSR count). The van der Waals surface area contributed by atoms with Gasteiger partial charge in [0, 0.05) is 17.0 Å². The predicted molar refractivity (Wildman–Crippen MR) is 181 cm³/mol. The van der Waals surface area contributed by atoms with E-state index in [9.17, 15) is 0 Å². The van der Waals surface area contributed by atoms with Crippen LogP contribution in [0, 0.1) is 0 Å². The number of pyridine rings is 1. The molecule has 0 spiro atoms. The molecule has 2 heterocycles. The highest BCUT2D eigenvalue weighted by Crippen LogP contribution is 2.49. The van der Waals surface area contributed by atoms with Crippen molar-refractivity contribution in [2.45, 2.75) is 19.3 Å². The maximum atomic E-state index is 6.40. The Bertz CT molecular complexity index is 2420. The van der Waals surface area contributed by atoms with Crippen LogP contribution in [0.25, 0.3) is 77.6 Å². The molecule has 208 valence electrons. The van der Waals surface area contributed by atoms with Crippen LogP contribution in [0.4, 0.5) is 0 Å². The van der Waals surface area contributed by atoms with Crippen LogP contribution in [0.15, 0.2) is 138 Å². The van der Waals surface area contributed by atoms with E-state index in [0.29, 0.717) is 5.89 Å². The Hall–Kier alpha value is -5.54. The smallest absolute Gasteiger partial charge is 0.246 e. The van der Waals surface area contributed by atoms with Crippen molar-refractivity contribution >= 4 is 32.6 Å². The van der Waals surface area contributed by atoms with Gasteiger partial charge in [-0.3, -0.25) is 4.98 Å². The van der Waals surface area contributed by atoms with Gasteiger partial charge in [-0.2, -0.15) is 0 Å². The number of hydrogen-bond donors (Lipinski definition) is 0. The summed E-state index contributed by atoms with van der Waals surface area (Å²) in [6, 6.07) is 45.7. The first-order valence-electron chi connectivity index (χ1n) is 15.1. The highest BCUT2D eigenvalue weighted by atomic mass is 16.3. The molecule has 0 saturated carbocycles. The first-order chi connectivity index (χ1) is 21.5. The van der Waals surface area contributed by atoms with Gasteiger partial charge < -0.3 is 4.42 Å². The predicted octanol–water partition coefficient (Wildman–Crippen LogP) is 10.8. The van der Waals surface area contributed by atoms with Gasteiger partial charge in [-0.15, -0.1) is 0 Å². The van der Waals surface area contributed by atoms with E-state index in [1.54, 1.807) is 6.20 Å². The first-order valence-corrected chi connectivity index (χ1v) is 15.1. The van der Waals surface area contributed by atoms with Crippen LogP contribution in [-0.4, -0.2) is 9.97 Å². The molecule has 0 amide bonds. The molecule has 2 aromatic heterocycles. The van der Waals surface area contributed by atoms with E-state index in [4.69, 9.17) is 9.40 Å². The van der Waals surface area contributed by atoms with Gasteiger partial charge in [0.15, 0.2) is 5.58 Å². The lowest BCUT2D eigenvalue weighted by Gasteiger charge is -2.22. The first kappa shape index (κ1) is 25.0. The van der Waals surface area contributed by atoms with Crippen molar-refractivity contribution in [1.82, 2.24) is 9.97 Å². The molecule has 0 aliphatic heterocycles. The molecule has 6 aromatic carbocycles. The van der Waals surface area contributed by atoms with Crippen molar-refractivity contribution in [3.63, 3.8) is 0 Å². The molecule has 0 fully saturated rings. The van der Waals surface area contributed by atoms with Gasteiger partial charge in [0.2, 0.25) is 5.89 Å². The molecule has 1 aliphatic rings. The molecule has 0 N–H and O–H groups in total. The average Bonchev–Trinajstić information content (AvgIpc) is 3.62. The quantitative estimate of drug-likeness (QED) is 0.200. The van der Waals surface area contributed by atoms with Crippen molar-refractivity contribution in [2.24, 2.45) is 0 Å². The van der Waals surface area contributed by atoms with Crippen LogP contribution in [-0.2, 0) is 5.41 Å². The van der Waals surface area contributed by atoms with Crippen LogP contribution in [0.1, 0.15) is 25.0 Å². The molecule has 0 radical (unpaired) electrons. The van der Waals surface area contributed by atoms with Crippen LogP contribution < -0.4 is 0 Å². The molecule has 0 bridgehead atoms. The summed E-state index contributed by atoms with van der Waals surface area (Å²) >= 11 is 0. The lowest BCUT2D eigenvalue weighted by molar-refractivity contribution is 0.620. The Morgan fingerprint density at radius 3 is 2.14 bits per heavy atom. The number of aromatic nitrogens is 2. The Balaban J connectivity index is 1.17. The van der Waals surface area contributed by atoms with E-state index in [-0.39, 0.29) is 5.41 Å². The van der Waals surface area contributed by atoms with Crippen LogP contribution in [0.5, 0.6) is 0 Å². The molecular formula is C41H28N2O. The molecule has 3 nitrogen and oxygen atoms in total. The van der Waals surface area contributed by atoms with Crippen molar-refractivity contribution < 1.29 is 4.42 Å². The standard InChI is InChI=1S/C41H28N2O/c1-41(2)34-11-4-3-10-31(34)32-19-17-30(24-35(32)41)28-9-7-8-27(22-28)29-16-14-25-13-15-26-18-20-36-39(38(26)33(25)23-29)44-40(43-36)37-12-5-6-21-42-37/h3-24H,1-2H3. The maximum absolute atomic E-state index is 6.40. The van der Waals surface area contributed by atoms with E-state index in [2.05, 4.69) is 122 Å². The summed E-state index contributed by atoms with van der Waals surface area (Å²) in [6.07, 6.45) is 1.76. The molecular weight excluding hydrogens is 536 g/mol. The van der Waals surface area contributed by atoms with E-state index in [1.807, 2.05) is 24.3 Å². The Morgan fingerprint density at radius 2 is 1.27 bits per heavy atom. The van der Waals surface area contributed by atoms with Crippen molar-refractivity contribution in [3.8, 4) is 45.0 Å². The third kappa shape index (κ3) is 3.69. The summed E-state index contributed by atoms with van der Waals surface area (Å²) in [5.41, 5.74) is 12.6. The average molecular weight is 565 g/mol. The molecule has 8 aromatic rings. The maximum Gasteiger partial charge on any atom is 0.246 e. The summed E-state index contributed by atoms with van der Waals surface area (Å²) in [5.74, 6) is 0.537. The second kappa shape index (κ2) is 9.23. The largest absolute Gasteiger partial charge is 0.434 e. The normalized spacial score (nSPS) is 13.4. The minimum Gasteiger partial charge on any atom is -0.434 e. The van der Waals surface area contributed by atoms with Crippen molar-refractivity contribution in [1.29, 1.82) is 0 Å². The van der Waals surface area contributed by atoms with Gasteiger partial charge in [0.1, 0.15) is 11.2 Å². The highest BCUT2D eigenvalue weighted by Gasteiger charge is 2.35. The van der Waals surface area contributed by atoms with Crippen LogP contribution in [0.2, 0.25) is 0 Å². The zero-order chi connectivity index (χ0) is 29.4. The molecule has 0 atom stereocenters. The molecule has 0 unspecified atom stereocenters. The fourth-order valence-corrected chi connectivity index (χ4v) is 7.06. The molecule has 0 saturated heterocycles. The zero-order valence-electron chi connectivity index (χ0n) is 24.5. The van der Waals surface area contributed by atoms with Crippen molar-refractivity contribution in [3.05, 3.63) is 145 Å². The summed E-state index contributed by atoms with van der Waals surface area (Å²) in [6.45, 7) is 4.67. The summed E-state index contributed by atoms with van der Waals surface area (Å²) in [7, 11) is 0. The fraction of sp³-hybridized carbons (Fsp3) is 0.0732. The highest BCUT2D eigenvalue weighted by molar-refractivity contribution is 6.18. The van der Waals surface area contributed by atoms with E-state index in [1.165, 1.54) is 49.9 Å². The van der Waals surface area contributed by atoms with Crippen LogP contribution in [0.3, 0.4) is 0 Å². The fourth-order valence-electron chi connectivity index (χ4n) is 7.06. The Labute approximate surface area is 255 Å². The number of oxazole rings is 1. The number of nitrogens with zero attached hydrogens (tertiary/aromatic N) is 2. The topological polar surface area (TPSA) is 38.9 Å². The van der Waals surface area contributed by atoms with E-state index < -0.39 is 0 Å². The second-order valence-electron chi connectivity index (χ2n) is 12.3. The third-order valence-corrected chi connectivity index (χ3v) is 9.35. The number of hydrogen-bond acceptors (Lipinski definition) is 3. The lowest BCUT2D eigenvalue weighted by Crippen LogP contribution is -2.14. The second-order valence-corrected chi connectivity index (χ2v) is 12.3. The summed E-state index contributed by atoms with van der Waals surface area (Å²) < 4.78 is 6.40. The molecule has 1 aliphatic carbocycles. The van der Waals surface area contributed by atoms with Gasteiger partial charge in [0.05, 0.1) is 0 Å². The van der Waals surface area contributed by atoms with Crippen LogP contribution >= 0.6 is 0 Å². The minimum absolute atomic E-state index is 0.0264. The van der Waals surface area contributed by atoms with Gasteiger partial charge in [-0.05, 0) is 97.1 Å². The summed E-state index contributed by atoms with van der Waals surface area (Å²) in [4.78, 5) is 9.24. The molecule has 3 heteroatoms. The van der Waals surface area contributed by atoms with Gasteiger partial charge >= 0.3 is 0 Å². The van der Waals surface area contributed by atoms with E-state index in [0.717, 1.165) is 33.0 Å². The SMILES string of the molecule is CC1(C)c2ccccc2-c2ccc(-c3cccc(-c4ccc5ccc6ccc7nc(-c8ccccn8)oc7c6c5c4)c3)cc21. The van der Waals surface area contributed by atoms with Gasteiger partial charge in [0.25, 0.3) is 0 Å². The lowest BCUT2D eigenvalue weighted by atomic mass is 9.81. The summed E-state index contributed by atoms with van der Waals surface area (Å²) in [5, 5.41) is 4.52. The Morgan fingerprint density at radius 1 is 0.568 bits per heavy atom. The minimum atomic E-state index is -0.0264. The number of rotatable bonds is 3.